The van der Waals surface area contributed by atoms with Crippen LogP contribution < -0.4 is 5.32 Å². The Morgan fingerprint density at radius 2 is 1.00 bits per heavy atom. The largest absolute Gasteiger partial charge is 0.481 e. The lowest BCUT2D eigenvalue weighted by Crippen LogP contribution is -2.41. The minimum atomic E-state index is -1.17. The van der Waals surface area contributed by atoms with Gasteiger partial charge in [-0.15, -0.1) is 0 Å². The van der Waals surface area contributed by atoms with Crippen molar-refractivity contribution in [3.05, 3.63) is 0 Å². The standard InChI is InChI=1S/C23H41NO6/c1-19(25)18-20(23(29)30)24-21(26)16-14-12-10-8-6-4-2-3-5-7-9-11-13-15-17-22(27)28/h20H,2-18H2,1H3,(H,24,26)(H,27,28)(H,29,30)/t20-/m0/s1. The number of nitrogens with one attached hydrogen (secondary N) is 1. The highest BCUT2D eigenvalue weighted by atomic mass is 16.4. The second-order valence-corrected chi connectivity index (χ2v) is 8.21. The molecule has 0 heterocycles. The summed E-state index contributed by atoms with van der Waals surface area (Å²) >= 11 is 0. The van der Waals surface area contributed by atoms with E-state index in [1.54, 1.807) is 0 Å². The molecule has 3 N–H and O–H groups in total. The molecule has 0 aliphatic rings. The molecule has 7 nitrogen and oxygen atoms in total. The van der Waals surface area contributed by atoms with E-state index < -0.39 is 18.0 Å². The van der Waals surface area contributed by atoms with Gasteiger partial charge in [0, 0.05) is 19.3 Å². The van der Waals surface area contributed by atoms with Gasteiger partial charge in [0.1, 0.15) is 11.8 Å². The lowest BCUT2D eigenvalue weighted by atomic mass is 10.0. The van der Waals surface area contributed by atoms with E-state index in [1.165, 1.54) is 51.9 Å². The lowest BCUT2D eigenvalue weighted by molar-refractivity contribution is -0.143. The molecule has 0 saturated heterocycles. The van der Waals surface area contributed by atoms with Gasteiger partial charge < -0.3 is 15.5 Å². The van der Waals surface area contributed by atoms with Crippen LogP contribution in [0.1, 0.15) is 116 Å². The van der Waals surface area contributed by atoms with Crippen molar-refractivity contribution in [1.82, 2.24) is 5.32 Å². The topological polar surface area (TPSA) is 121 Å². The summed E-state index contributed by atoms with van der Waals surface area (Å²) in [6.07, 6.45) is 16.0. The average molecular weight is 428 g/mol. The van der Waals surface area contributed by atoms with Crippen LogP contribution in [-0.4, -0.2) is 39.9 Å². The second-order valence-electron chi connectivity index (χ2n) is 8.21. The number of unbranched alkanes of at least 4 members (excludes halogenated alkanes) is 13. The fourth-order valence-corrected chi connectivity index (χ4v) is 3.44. The van der Waals surface area contributed by atoms with E-state index >= 15 is 0 Å². The molecule has 0 radical (unpaired) electrons. The van der Waals surface area contributed by atoms with Crippen LogP contribution in [0.3, 0.4) is 0 Å². The normalized spacial score (nSPS) is 11.8. The average Bonchev–Trinajstić information content (AvgIpc) is 2.66. The molecule has 1 atom stereocenters. The van der Waals surface area contributed by atoms with Crippen molar-refractivity contribution in [3.8, 4) is 0 Å². The summed E-state index contributed by atoms with van der Waals surface area (Å²) in [6.45, 7) is 1.32. The number of carboxylic acid groups (broad SMARTS) is 2. The lowest BCUT2D eigenvalue weighted by Gasteiger charge is -2.12. The van der Waals surface area contributed by atoms with Gasteiger partial charge in [-0.3, -0.25) is 14.4 Å². The van der Waals surface area contributed by atoms with Crippen molar-refractivity contribution < 1.29 is 29.4 Å². The van der Waals surface area contributed by atoms with E-state index in [2.05, 4.69) is 5.32 Å². The van der Waals surface area contributed by atoms with Gasteiger partial charge in [-0.1, -0.05) is 77.0 Å². The summed E-state index contributed by atoms with van der Waals surface area (Å²) < 4.78 is 0. The Morgan fingerprint density at radius 3 is 1.33 bits per heavy atom. The van der Waals surface area contributed by atoms with E-state index in [9.17, 15) is 19.2 Å². The quantitative estimate of drug-likeness (QED) is 0.225. The molecule has 0 aromatic rings. The molecule has 30 heavy (non-hydrogen) atoms. The maximum atomic E-state index is 11.8. The summed E-state index contributed by atoms with van der Waals surface area (Å²) in [4.78, 5) is 44.2. The highest BCUT2D eigenvalue weighted by Crippen LogP contribution is 2.13. The van der Waals surface area contributed by atoms with E-state index in [-0.39, 0.29) is 18.1 Å². The van der Waals surface area contributed by atoms with Gasteiger partial charge in [-0.05, 0) is 19.8 Å². The zero-order valence-corrected chi connectivity index (χ0v) is 18.6. The first kappa shape index (κ1) is 28.1. The van der Waals surface area contributed by atoms with Crippen molar-refractivity contribution >= 4 is 23.6 Å². The number of hydrogen-bond donors (Lipinski definition) is 3. The van der Waals surface area contributed by atoms with E-state index in [4.69, 9.17) is 10.2 Å². The van der Waals surface area contributed by atoms with Crippen LogP contribution in [-0.2, 0) is 19.2 Å². The fourth-order valence-electron chi connectivity index (χ4n) is 3.44. The van der Waals surface area contributed by atoms with Crippen LogP contribution in [0.4, 0.5) is 0 Å². The predicted molar refractivity (Wildman–Crippen MR) is 116 cm³/mol. The first-order valence-corrected chi connectivity index (χ1v) is 11.6. The highest BCUT2D eigenvalue weighted by molar-refractivity contribution is 5.88. The Labute approximate surface area is 181 Å². The molecule has 0 aromatic carbocycles. The van der Waals surface area contributed by atoms with Gasteiger partial charge in [0.15, 0.2) is 0 Å². The minimum Gasteiger partial charge on any atom is -0.481 e. The van der Waals surface area contributed by atoms with Gasteiger partial charge in [0.2, 0.25) is 5.91 Å². The predicted octanol–water partition coefficient (Wildman–Crippen LogP) is 4.86. The Kier molecular flexibility index (Phi) is 17.8. The number of Topliss-reactive ketones (excluding diaryl/α,β-unsaturated/α-hetero) is 1. The monoisotopic (exact) mass is 427 g/mol. The van der Waals surface area contributed by atoms with Crippen LogP contribution in [0.2, 0.25) is 0 Å². The molecule has 0 saturated carbocycles. The molecule has 0 unspecified atom stereocenters. The smallest absolute Gasteiger partial charge is 0.326 e. The first-order valence-electron chi connectivity index (χ1n) is 11.6. The van der Waals surface area contributed by atoms with Crippen molar-refractivity contribution in [2.45, 2.75) is 122 Å². The Hall–Kier alpha value is -1.92. The molecule has 0 fully saturated rings. The number of amides is 1. The second kappa shape index (κ2) is 19.1. The number of ketones is 1. The molecule has 1 amide bonds. The van der Waals surface area contributed by atoms with Crippen molar-refractivity contribution in [2.24, 2.45) is 0 Å². The molecule has 0 rings (SSSR count). The van der Waals surface area contributed by atoms with Crippen molar-refractivity contribution in [2.75, 3.05) is 0 Å². The summed E-state index contributed by atoms with van der Waals surface area (Å²) in [5, 5.41) is 20.0. The number of aliphatic carboxylic acids is 2. The van der Waals surface area contributed by atoms with Gasteiger partial charge >= 0.3 is 11.9 Å². The van der Waals surface area contributed by atoms with E-state index in [0.717, 1.165) is 44.9 Å². The third kappa shape index (κ3) is 19.4. The highest BCUT2D eigenvalue weighted by Gasteiger charge is 2.21. The van der Waals surface area contributed by atoms with E-state index in [0.29, 0.717) is 12.8 Å². The minimum absolute atomic E-state index is 0.173. The van der Waals surface area contributed by atoms with Crippen LogP contribution in [0.15, 0.2) is 0 Å². The molecule has 0 aromatic heterocycles. The molecule has 0 spiro atoms. The first-order chi connectivity index (χ1) is 14.3. The number of carboxylic acids is 2. The number of carbonyl (C=O) groups is 4. The Bertz CT molecular complexity index is 506. The molecule has 0 bridgehead atoms. The van der Waals surface area contributed by atoms with Crippen LogP contribution in [0.25, 0.3) is 0 Å². The molecule has 7 heteroatoms. The summed E-state index contributed by atoms with van der Waals surface area (Å²) in [6, 6.07) is -1.12. The zero-order valence-electron chi connectivity index (χ0n) is 18.6. The van der Waals surface area contributed by atoms with Crippen LogP contribution in [0, 0.1) is 0 Å². The maximum absolute atomic E-state index is 11.8. The Morgan fingerprint density at radius 1 is 0.633 bits per heavy atom. The molecular weight excluding hydrogens is 386 g/mol. The van der Waals surface area contributed by atoms with E-state index in [1.807, 2.05) is 0 Å². The van der Waals surface area contributed by atoms with Gasteiger partial charge in [-0.2, -0.15) is 0 Å². The van der Waals surface area contributed by atoms with Crippen molar-refractivity contribution in [1.29, 1.82) is 0 Å². The SMILES string of the molecule is CC(=O)C[C@H](NC(=O)CCCCCCCCCCCCCCCCC(=O)O)C(=O)O. The summed E-state index contributed by atoms with van der Waals surface area (Å²) in [5.74, 6) is -2.42. The third-order valence-corrected chi connectivity index (χ3v) is 5.17. The zero-order chi connectivity index (χ0) is 22.6. The third-order valence-electron chi connectivity index (χ3n) is 5.17. The van der Waals surface area contributed by atoms with Crippen LogP contribution >= 0.6 is 0 Å². The van der Waals surface area contributed by atoms with Crippen LogP contribution in [0.5, 0.6) is 0 Å². The van der Waals surface area contributed by atoms with Crippen molar-refractivity contribution in [3.63, 3.8) is 0 Å². The summed E-state index contributed by atoms with van der Waals surface area (Å²) in [7, 11) is 0. The number of rotatable bonds is 21. The number of hydrogen-bond acceptors (Lipinski definition) is 4. The molecular formula is C23H41NO6. The molecule has 174 valence electrons. The fraction of sp³-hybridized carbons (Fsp3) is 0.826. The summed E-state index contributed by atoms with van der Waals surface area (Å²) in [5.41, 5.74) is 0. The molecule has 0 aliphatic carbocycles. The van der Waals surface area contributed by atoms with Gasteiger partial charge in [0.25, 0.3) is 0 Å². The number of carbonyl (C=O) groups excluding carboxylic acids is 2. The maximum Gasteiger partial charge on any atom is 0.326 e. The van der Waals surface area contributed by atoms with Gasteiger partial charge in [0.05, 0.1) is 0 Å². The Balaban J connectivity index is 3.39. The molecule has 0 aliphatic heterocycles. The van der Waals surface area contributed by atoms with Gasteiger partial charge in [-0.25, -0.2) is 4.79 Å².